The number of nitrogens with one attached hydrogen (secondary N) is 1. The molecule has 0 aliphatic rings. The molecule has 2 unspecified atom stereocenters. The Morgan fingerprint density at radius 2 is 1.95 bits per heavy atom. The lowest BCUT2D eigenvalue weighted by Gasteiger charge is -2.25. The highest BCUT2D eigenvalue weighted by atomic mass is 16.5. The van der Waals surface area contributed by atoms with Gasteiger partial charge in [-0.3, -0.25) is 4.79 Å². The van der Waals surface area contributed by atoms with Gasteiger partial charge in [0.25, 0.3) is 0 Å². The van der Waals surface area contributed by atoms with Crippen LogP contribution in [-0.4, -0.2) is 24.1 Å². The Labute approximate surface area is 128 Å². The summed E-state index contributed by atoms with van der Waals surface area (Å²) in [6, 6.07) is 5.96. The maximum atomic E-state index is 12.1. The zero-order chi connectivity index (χ0) is 16.0. The molecular weight excluding hydrogens is 264 g/mol. The van der Waals surface area contributed by atoms with Gasteiger partial charge in [-0.15, -0.1) is 0 Å². The van der Waals surface area contributed by atoms with Crippen molar-refractivity contribution in [3.63, 3.8) is 0 Å². The summed E-state index contributed by atoms with van der Waals surface area (Å²) in [4.78, 5) is 12.1. The first-order valence-electron chi connectivity index (χ1n) is 7.56. The molecule has 118 valence electrons. The first kappa shape index (κ1) is 17.5. The van der Waals surface area contributed by atoms with Crippen LogP contribution in [-0.2, 0) is 4.79 Å². The van der Waals surface area contributed by atoms with Crippen LogP contribution in [0.3, 0.4) is 0 Å². The van der Waals surface area contributed by atoms with Gasteiger partial charge in [0.05, 0.1) is 11.6 Å². The van der Waals surface area contributed by atoms with E-state index >= 15 is 0 Å². The zero-order valence-electron chi connectivity index (χ0n) is 13.8. The Hall–Kier alpha value is -1.55. The van der Waals surface area contributed by atoms with E-state index in [1.54, 1.807) is 6.92 Å². The number of para-hydroxylation sites is 1. The van der Waals surface area contributed by atoms with Crippen molar-refractivity contribution in [2.75, 3.05) is 6.61 Å². The molecule has 0 spiro atoms. The molecule has 0 saturated heterocycles. The van der Waals surface area contributed by atoms with Crippen LogP contribution in [0.25, 0.3) is 0 Å². The normalized spacial score (nSPS) is 15.1. The lowest BCUT2D eigenvalue weighted by atomic mass is 9.96. The highest BCUT2D eigenvalue weighted by Gasteiger charge is 2.28. The minimum atomic E-state index is -0.818. The van der Waals surface area contributed by atoms with E-state index < -0.39 is 5.54 Å². The van der Waals surface area contributed by atoms with E-state index in [0.717, 1.165) is 23.3 Å². The number of hydrogen-bond acceptors (Lipinski definition) is 3. The third-order valence-electron chi connectivity index (χ3n) is 3.55. The van der Waals surface area contributed by atoms with Crippen molar-refractivity contribution in [2.24, 2.45) is 5.73 Å². The standard InChI is InChI=1S/C17H28N2O2/c1-6-10-17(5,18)16(20)19-14(4)11-21-15-12(2)8-7-9-13(15)3/h7-9,14H,6,10-11,18H2,1-5H3,(H,19,20). The lowest BCUT2D eigenvalue weighted by Crippen LogP contribution is -2.54. The van der Waals surface area contributed by atoms with Gasteiger partial charge in [0.1, 0.15) is 12.4 Å². The minimum absolute atomic E-state index is 0.0868. The summed E-state index contributed by atoms with van der Waals surface area (Å²) in [7, 11) is 0. The first-order chi connectivity index (χ1) is 9.77. The van der Waals surface area contributed by atoms with Crippen molar-refractivity contribution in [1.29, 1.82) is 0 Å². The Morgan fingerprint density at radius 3 is 2.48 bits per heavy atom. The van der Waals surface area contributed by atoms with Crippen molar-refractivity contribution < 1.29 is 9.53 Å². The molecular formula is C17H28N2O2. The maximum absolute atomic E-state index is 12.1. The molecule has 0 aliphatic carbocycles. The van der Waals surface area contributed by atoms with Crippen LogP contribution in [0.4, 0.5) is 0 Å². The van der Waals surface area contributed by atoms with Crippen LogP contribution in [0.15, 0.2) is 18.2 Å². The van der Waals surface area contributed by atoms with Crippen LogP contribution < -0.4 is 15.8 Å². The zero-order valence-corrected chi connectivity index (χ0v) is 13.8. The van der Waals surface area contributed by atoms with Crippen LogP contribution >= 0.6 is 0 Å². The molecule has 4 nitrogen and oxygen atoms in total. The molecule has 0 fully saturated rings. The van der Waals surface area contributed by atoms with Gasteiger partial charge in [-0.05, 0) is 45.2 Å². The number of carbonyl (C=O) groups is 1. The molecule has 0 saturated carbocycles. The molecule has 0 aromatic heterocycles. The summed E-state index contributed by atoms with van der Waals surface area (Å²) in [6.07, 6.45) is 1.55. The molecule has 0 heterocycles. The van der Waals surface area contributed by atoms with Gasteiger partial charge in [-0.1, -0.05) is 31.5 Å². The number of carbonyl (C=O) groups excluding carboxylic acids is 1. The number of benzene rings is 1. The van der Waals surface area contributed by atoms with E-state index in [0.29, 0.717) is 13.0 Å². The van der Waals surface area contributed by atoms with Gasteiger partial charge in [0.2, 0.25) is 5.91 Å². The summed E-state index contributed by atoms with van der Waals surface area (Å²) < 4.78 is 5.85. The van der Waals surface area contributed by atoms with Gasteiger partial charge >= 0.3 is 0 Å². The van der Waals surface area contributed by atoms with Crippen LogP contribution in [0.1, 0.15) is 44.7 Å². The second kappa shape index (κ2) is 7.46. The van der Waals surface area contributed by atoms with Gasteiger partial charge in [-0.2, -0.15) is 0 Å². The van der Waals surface area contributed by atoms with Gasteiger partial charge in [0.15, 0.2) is 0 Å². The number of aryl methyl sites for hydroxylation is 2. The third kappa shape index (κ3) is 5.05. The lowest BCUT2D eigenvalue weighted by molar-refractivity contribution is -0.126. The quantitative estimate of drug-likeness (QED) is 0.812. The maximum Gasteiger partial charge on any atom is 0.240 e. The third-order valence-corrected chi connectivity index (χ3v) is 3.55. The van der Waals surface area contributed by atoms with Crippen molar-refractivity contribution in [3.8, 4) is 5.75 Å². The number of nitrogens with two attached hydrogens (primary N) is 1. The number of hydrogen-bond donors (Lipinski definition) is 2. The molecule has 0 aliphatic heterocycles. The van der Waals surface area contributed by atoms with E-state index in [1.807, 2.05) is 45.9 Å². The van der Waals surface area contributed by atoms with Crippen LogP contribution in [0, 0.1) is 13.8 Å². The average Bonchev–Trinajstić information content (AvgIpc) is 2.37. The highest BCUT2D eigenvalue weighted by Crippen LogP contribution is 2.22. The van der Waals surface area contributed by atoms with Crippen molar-refractivity contribution in [1.82, 2.24) is 5.32 Å². The Bertz CT molecular complexity index is 463. The summed E-state index contributed by atoms with van der Waals surface area (Å²) >= 11 is 0. The highest BCUT2D eigenvalue weighted by molar-refractivity contribution is 5.85. The van der Waals surface area contributed by atoms with E-state index in [-0.39, 0.29) is 11.9 Å². The van der Waals surface area contributed by atoms with Crippen LogP contribution in [0.2, 0.25) is 0 Å². The molecule has 1 aromatic rings. The second-order valence-corrected chi connectivity index (χ2v) is 6.07. The average molecular weight is 292 g/mol. The minimum Gasteiger partial charge on any atom is -0.491 e. The SMILES string of the molecule is CCCC(C)(N)C(=O)NC(C)COc1c(C)cccc1C. The fraction of sp³-hybridized carbons (Fsp3) is 0.588. The largest absolute Gasteiger partial charge is 0.491 e. The number of rotatable bonds is 7. The molecule has 0 radical (unpaired) electrons. The molecule has 3 N–H and O–H groups in total. The number of amides is 1. The Morgan fingerprint density at radius 1 is 1.38 bits per heavy atom. The molecule has 1 aromatic carbocycles. The predicted molar refractivity (Wildman–Crippen MR) is 86.5 cm³/mol. The predicted octanol–water partition coefficient (Wildman–Crippen LogP) is 2.70. The van der Waals surface area contributed by atoms with Gasteiger partial charge in [-0.25, -0.2) is 0 Å². The van der Waals surface area contributed by atoms with Crippen LogP contribution in [0.5, 0.6) is 5.75 Å². The van der Waals surface area contributed by atoms with E-state index in [9.17, 15) is 4.79 Å². The summed E-state index contributed by atoms with van der Waals surface area (Å²) in [5.41, 5.74) is 7.40. The van der Waals surface area contributed by atoms with E-state index in [1.165, 1.54) is 0 Å². The summed E-state index contributed by atoms with van der Waals surface area (Å²) in [5, 5.41) is 2.93. The smallest absolute Gasteiger partial charge is 0.240 e. The fourth-order valence-corrected chi connectivity index (χ4v) is 2.30. The topological polar surface area (TPSA) is 64.4 Å². The Balaban J connectivity index is 2.55. The van der Waals surface area contributed by atoms with Crippen molar-refractivity contribution in [2.45, 2.75) is 59.0 Å². The fourth-order valence-electron chi connectivity index (χ4n) is 2.30. The van der Waals surface area contributed by atoms with E-state index in [4.69, 9.17) is 10.5 Å². The Kier molecular flexibility index (Phi) is 6.21. The molecule has 1 amide bonds. The molecule has 0 bridgehead atoms. The molecule has 2 atom stereocenters. The van der Waals surface area contributed by atoms with Crippen molar-refractivity contribution >= 4 is 5.91 Å². The number of ether oxygens (including phenoxy) is 1. The van der Waals surface area contributed by atoms with E-state index in [2.05, 4.69) is 5.32 Å². The van der Waals surface area contributed by atoms with Crippen molar-refractivity contribution in [3.05, 3.63) is 29.3 Å². The summed E-state index contributed by atoms with van der Waals surface area (Å²) in [5.74, 6) is 0.768. The molecule has 4 heteroatoms. The van der Waals surface area contributed by atoms with Gasteiger partial charge < -0.3 is 15.8 Å². The second-order valence-electron chi connectivity index (χ2n) is 6.07. The first-order valence-corrected chi connectivity index (χ1v) is 7.56. The monoisotopic (exact) mass is 292 g/mol. The molecule has 21 heavy (non-hydrogen) atoms. The van der Waals surface area contributed by atoms with Gasteiger partial charge in [0, 0.05) is 0 Å². The molecule has 1 rings (SSSR count). The summed E-state index contributed by atoms with van der Waals surface area (Å²) in [6.45, 7) is 10.2.